The lowest BCUT2D eigenvalue weighted by atomic mass is 10.0. The lowest BCUT2D eigenvalue weighted by Gasteiger charge is -2.14. The first-order chi connectivity index (χ1) is 12.6. The number of benzene rings is 1. The molecule has 26 heavy (non-hydrogen) atoms. The molecule has 1 aromatic carbocycles. The molecule has 2 aromatic heterocycles. The van der Waals surface area contributed by atoms with E-state index in [9.17, 15) is 14.0 Å². The Kier molecular flexibility index (Phi) is 5.80. The predicted octanol–water partition coefficient (Wildman–Crippen LogP) is 3.04. The quantitative estimate of drug-likeness (QED) is 0.654. The third kappa shape index (κ3) is 4.58. The number of halogens is 1. The third-order valence-electron chi connectivity index (χ3n) is 3.81. The third-order valence-corrected chi connectivity index (χ3v) is 4.80. The smallest absolute Gasteiger partial charge is 0.309 e. The van der Waals surface area contributed by atoms with Gasteiger partial charge in [-0.3, -0.25) is 9.59 Å². The van der Waals surface area contributed by atoms with Gasteiger partial charge in [-0.2, -0.15) is 0 Å². The summed E-state index contributed by atoms with van der Waals surface area (Å²) in [6.07, 6.45) is 1.58. The lowest BCUT2D eigenvalue weighted by molar-refractivity contribution is -0.139. The summed E-state index contributed by atoms with van der Waals surface area (Å²) in [7, 11) is 0. The topological polar surface area (TPSA) is 71.3 Å². The molecular weight excluding hydrogens is 355 g/mol. The summed E-state index contributed by atoms with van der Waals surface area (Å²) < 4.78 is 18.3. The fourth-order valence-corrected chi connectivity index (χ4v) is 3.30. The fraction of sp³-hybridized carbons (Fsp3) is 0.158. The molecule has 0 aliphatic rings. The zero-order chi connectivity index (χ0) is 18.4. The van der Waals surface area contributed by atoms with Crippen LogP contribution in [0.5, 0.6) is 0 Å². The number of carbonyl (C=O) groups excluding carboxylic acids is 2. The molecule has 0 aliphatic heterocycles. The maximum absolute atomic E-state index is 12.9. The van der Waals surface area contributed by atoms with Gasteiger partial charge in [0, 0.05) is 18.0 Å². The van der Waals surface area contributed by atoms with Crippen molar-refractivity contribution in [2.24, 2.45) is 0 Å². The van der Waals surface area contributed by atoms with Crippen molar-refractivity contribution in [3.05, 3.63) is 82.2 Å². The van der Waals surface area contributed by atoms with E-state index >= 15 is 0 Å². The van der Waals surface area contributed by atoms with Gasteiger partial charge >= 0.3 is 11.8 Å². The van der Waals surface area contributed by atoms with Gasteiger partial charge in [0.1, 0.15) is 11.6 Å². The summed E-state index contributed by atoms with van der Waals surface area (Å²) in [5.74, 6) is -1.24. The fourth-order valence-electron chi connectivity index (χ4n) is 2.46. The highest BCUT2D eigenvalue weighted by Crippen LogP contribution is 2.28. The van der Waals surface area contributed by atoms with Gasteiger partial charge in [0.05, 0.1) is 12.2 Å². The van der Waals surface area contributed by atoms with Gasteiger partial charge in [0.15, 0.2) is 0 Å². The Morgan fingerprint density at radius 1 is 1.04 bits per heavy atom. The van der Waals surface area contributed by atoms with Crippen molar-refractivity contribution < 1.29 is 18.4 Å². The number of rotatable bonds is 6. The standard InChI is InChI=1S/C19H17FN2O3S/c20-14-7-5-13(6-8-14)11-21-18(23)19(24)22-12-15(16-3-1-9-25-16)17-4-2-10-26-17/h1-10,15H,11-12H2,(H,21,23)(H,22,24)/t15-/m0/s1. The molecule has 7 heteroatoms. The first-order valence-corrected chi connectivity index (χ1v) is 8.88. The van der Waals surface area contributed by atoms with Crippen LogP contribution in [0.2, 0.25) is 0 Å². The van der Waals surface area contributed by atoms with E-state index < -0.39 is 11.8 Å². The van der Waals surface area contributed by atoms with Gasteiger partial charge in [-0.15, -0.1) is 11.3 Å². The van der Waals surface area contributed by atoms with E-state index in [2.05, 4.69) is 10.6 Å². The summed E-state index contributed by atoms with van der Waals surface area (Å²) >= 11 is 1.56. The van der Waals surface area contributed by atoms with E-state index in [1.807, 2.05) is 23.6 Å². The molecule has 0 radical (unpaired) electrons. The van der Waals surface area contributed by atoms with Crippen molar-refractivity contribution in [2.45, 2.75) is 12.5 Å². The number of hydrogen-bond acceptors (Lipinski definition) is 4. The van der Waals surface area contributed by atoms with Crippen molar-refractivity contribution in [1.29, 1.82) is 0 Å². The maximum Gasteiger partial charge on any atom is 0.309 e. The molecule has 5 nitrogen and oxygen atoms in total. The number of nitrogens with one attached hydrogen (secondary N) is 2. The van der Waals surface area contributed by atoms with Crippen molar-refractivity contribution in [3.63, 3.8) is 0 Å². The van der Waals surface area contributed by atoms with Crippen LogP contribution in [0.3, 0.4) is 0 Å². The zero-order valence-electron chi connectivity index (χ0n) is 13.8. The predicted molar refractivity (Wildman–Crippen MR) is 96.1 cm³/mol. The second-order valence-corrected chi connectivity index (χ2v) is 6.58. The highest BCUT2D eigenvalue weighted by atomic mass is 32.1. The second kappa shape index (κ2) is 8.44. The molecule has 0 aliphatic carbocycles. The largest absolute Gasteiger partial charge is 0.469 e. The van der Waals surface area contributed by atoms with Crippen molar-refractivity contribution in [2.75, 3.05) is 6.54 Å². The number of furan rings is 1. The van der Waals surface area contributed by atoms with E-state index in [0.29, 0.717) is 5.56 Å². The summed E-state index contributed by atoms with van der Waals surface area (Å²) in [5.41, 5.74) is 0.708. The SMILES string of the molecule is O=C(NCc1ccc(F)cc1)C(=O)NC[C@@H](c1ccco1)c1cccs1. The van der Waals surface area contributed by atoms with E-state index in [1.165, 1.54) is 12.1 Å². The molecule has 0 fully saturated rings. The van der Waals surface area contributed by atoms with Gasteiger partial charge in [-0.05, 0) is 41.3 Å². The summed E-state index contributed by atoms with van der Waals surface area (Å²) in [6, 6.07) is 13.2. The van der Waals surface area contributed by atoms with Crippen molar-refractivity contribution in [1.82, 2.24) is 10.6 Å². The van der Waals surface area contributed by atoms with Crippen LogP contribution in [-0.2, 0) is 16.1 Å². The Morgan fingerprint density at radius 2 is 1.81 bits per heavy atom. The molecule has 0 saturated heterocycles. The molecule has 0 bridgehead atoms. The Morgan fingerprint density at radius 3 is 2.46 bits per heavy atom. The summed E-state index contributed by atoms with van der Waals surface area (Å²) in [4.78, 5) is 25.0. The molecule has 3 aromatic rings. The molecule has 0 unspecified atom stereocenters. The Balaban J connectivity index is 1.54. The van der Waals surface area contributed by atoms with Crippen LogP contribution in [0.4, 0.5) is 4.39 Å². The van der Waals surface area contributed by atoms with Gasteiger partial charge in [0.2, 0.25) is 0 Å². The van der Waals surface area contributed by atoms with Gasteiger partial charge < -0.3 is 15.1 Å². The number of carbonyl (C=O) groups is 2. The first-order valence-electron chi connectivity index (χ1n) is 8.01. The molecular formula is C19H17FN2O3S. The monoisotopic (exact) mass is 372 g/mol. The zero-order valence-corrected chi connectivity index (χ0v) is 14.6. The Hall–Kier alpha value is -2.93. The van der Waals surface area contributed by atoms with Gasteiger partial charge in [-0.25, -0.2) is 4.39 Å². The Bertz CT molecular complexity index is 811. The van der Waals surface area contributed by atoms with Crippen LogP contribution in [-0.4, -0.2) is 18.4 Å². The molecule has 2 amide bonds. The van der Waals surface area contributed by atoms with E-state index in [-0.39, 0.29) is 24.8 Å². The Labute approximate surface area is 153 Å². The molecule has 2 N–H and O–H groups in total. The van der Waals surface area contributed by atoms with Crippen LogP contribution < -0.4 is 10.6 Å². The minimum Gasteiger partial charge on any atom is -0.469 e. The maximum atomic E-state index is 12.9. The molecule has 0 spiro atoms. The van der Waals surface area contributed by atoms with E-state index in [4.69, 9.17) is 4.42 Å². The minimum atomic E-state index is -0.737. The van der Waals surface area contributed by atoms with Crippen LogP contribution in [0.15, 0.2) is 64.6 Å². The van der Waals surface area contributed by atoms with Gasteiger partial charge in [-0.1, -0.05) is 18.2 Å². The molecule has 134 valence electrons. The number of hydrogen-bond donors (Lipinski definition) is 2. The van der Waals surface area contributed by atoms with Gasteiger partial charge in [0.25, 0.3) is 0 Å². The number of amides is 2. The molecule has 1 atom stereocenters. The van der Waals surface area contributed by atoms with Crippen LogP contribution in [0.1, 0.15) is 22.1 Å². The first kappa shape index (κ1) is 17.9. The average Bonchev–Trinajstić information content (AvgIpc) is 3.35. The van der Waals surface area contributed by atoms with E-state index in [0.717, 1.165) is 10.6 Å². The molecule has 3 rings (SSSR count). The highest BCUT2D eigenvalue weighted by molar-refractivity contribution is 7.10. The molecule has 2 heterocycles. The summed E-state index contributed by atoms with van der Waals surface area (Å²) in [5, 5.41) is 7.10. The van der Waals surface area contributed by atoms with Crippen LogP contribution >= 0.6 is 11.3 Å². The van der Waals surface area contributed by atoms with Crippen LogP contribution in [0, 0.1) is 5.82 Å². The lowest BCUT2D eigenvalue weighted by Crippen LogP contribution is -2.41. The average molecular weight is 372 g/mol. The van der Waals surface area contributed by atoms with Crippen molar-refractivity contribution in [3.8, 4) is 0 Å². The highest BCUT2D eigenvalue weighted by Gasteiger charge is 2.21. The normalized spacial score (nSPS) is 11.7. The second-order valence-electron chi connectivity index (χ2n) is 5.60. The van der Waals surface area contributed by atoms with E-state index in [1.54, 1.807) is 35.8 Å². The molecule has 0 saturated carbocycles. The minimum absolute atomic E-state index is 0.152. The number of thiophene rings is 1. The summed E-state index contributed by atoms with van der Waals surface area (Å²) in [6.45, 7) is 0.399. The van der Waals surface area contributed by atoms with Crippen LogP contribution in [0.25, 0.3) is 0 Å². The van der Waals surface area contributed by atoms with Crippen molar-refractivity contribution >= 4 is 23.2 Å².